The Labute approximate surface area is 250 Å². The van der Waals surface area contributed by atoms with Gasteiger partial charge in [-0.25, -0.2) is 0 Å². The zero-order valence-corrected chi connectivity index (χ0v) is 23.2. The van der Waals surface area contributed by atoms with Crippen molar-refractivity contribution in [1.29, 1.82) is 0 Å². The van der Waals surface area contributed by atoms with E-state index >= 15 is 0 Å². The predicted molar refractivity (Wildman–Crippen MR) is 152 cm³/mol. The monoisotopic (exact) mass is 636 g/mol. The summed E-state index contributed by atoms with van der Waals surface area (Å²) in [7, 11) is 0. The van der Waals surface area contributed by atoms with Crippen LogP contribution in [0.3, 0.4) is 0 Å². The van der Waals surface area contributed by atoms with E-state index in [2.05, 4.69) is 20.4 Å². The number of halogens is 8. The van der Waals surface area contributed by atoms with E-state index in [-0.39, 0.29) is 33.3 Å². The third kappa shape index (κ3) is 6.34. The SMILES string of the molecule is FC(F)(F)c1cccc(Cl)c1Cc1[nH]nc2ccccc12.OC(c1c(Cl)cccc1C(F)(F)F)c1[nH]nc2ccccc12. The van der Waals surface area contributed by atoms with Crippen molar-refractivity contribution >= 4 is 45.0 Å². The number of rotatable bonds is 4. The van der Waals surface area contributed by atoms with E-state index in [1.165, 1.54) is 24.3 Å². The van der Waals surface area contributed by atoms with Crippen molar-refractivity contribution in [2.45, 2.75) is 24.9 Å². The van der Waals surface area contributed by atoms with Gasteiger partial charge in [0.25, 0.3) is 0 Å². The number of hydrogen-bond donors (Lipinski definition) is 3. The number of aromatic amines is 2. The Balaban J connectivity index is 0.000000171. The molecule has 0 radical (unpaired) electrons. The normalized spacial score (nSPS) is 12.8. The fourth-order valence-corrected chi connectivity index (χ4v) is 5.24. The second-order valence-corrected chi connectivity index (χ2v) is 10.2. The highest BCUT2D eigenvalue weighted by Gasteiger charge is 2.37. The van der Waals surface area contributed by atoms with Gasteiger partial charge in [0.2, 0.25) is 0 Å². The van der Waals surface area contributed by atoms with Gasteiger partial charge in [0, 0.05) is 38.5 Å². The number of nitrogens with one attached hydrogen (secondary N) is 2. The topological polar surface area (TPSA) is 77.6 Å². The maximum Gasteiger partial charge on any atom is 0.416 e. The molecule has 1 atom stereocenters. The Morgan fingerprint density at radius 1 is 0.651 bits per heavy atom. The van der Waals surface area contributed by atoms with Crippen molar-refractivity contribution in [1.82, 2.24) is 20.4 Å². The summed E-state index contributed by atoms with van der Waals surface area (Å²) in [4.78, 5) is 0. The van der Waals surface area contributed by atoms with E-state index in [1.807, 2.05) is 18.2 Å². The fourth-order valence-electron chi connectivity index (χ4n) is 4.72. The maximum atomic E-state index is 13.1. The number of para-hydroxylation sites is 2. The zero-order valence-electron chi connectivity index (χ0n) is 21.7. The van der Waals surface area contributed by atoms with E-state index in [1.54, 1.807) is 30.3 Å². The van der Waals surface area contributed by atoms with Gasteiger partial charge in [-0.15, -0.1) is 0 Å². The van der Waals surface area contributed by atoms with Crippen LogP contribution in [-0.4, -0.2) is 25.5 Å². The molecule has 0 aliphatic carbocycles. The quantitative estimate of drug-likeness (QED) is 0.169. The van der Waals surface area contributed by atoms with E-state index < -0.39 is 29.6 Å². The van der Waals surface area contributed by atoms with E-state index in [0.717, 1.165) is 17.5 Å². The molecule has 1 unspecified atom stereocenters. The Morgan fingerprint density at radius 2 is 1.19 bits per heavy atom. The maximum absolute atomic E-state index is 13.1. The summed E-state index contributed by atoms with van der Waals surface area (Å²) in [5, 5.41) is 25.2. The standard InChI is InChI=1S/C15H10ClF3N2O.C15H10ClF3N2/c16-10-6-3-5-9(15(17,18)19)12(10)14(22)13-8-4-1-2-7-11(8)20-21-13;16-12-6-3-5-11(15(17,18)19)10(12)8-14-9-4-1-2-7-13(9)20-21-14/h1-7,14,22H,(H,20,21);1-7H,8H2,(H,20,21). The average Bonchev–Trinajstić information content (AvgIpc) is 3.57. The second-order valence-electron chi connectivity index (χ2n) is 9.42. The molecule has 6 rings (SSSR count). The van der Waals surface area contributed by atoms with Crippen LogP contribution in [0.4, 0.5) is 26.3 Å². The fraction of sp³-hybridized carbons (Fsp3) is 0.133. The van der Waals surface area contributed by atoms with Gasteiger partial charge in [-0.3, -0.25) is 10.2 Å². The van der Waals surface area contributed by atoms with Crippen LogP contribution in [0.5, 0.6) is 0 Å². The first-order valence-corrected chi connectivity index (χ1v) is 13.3. The van der Waals surface area contributed by atoms with E-state index in [0.29, 0.717) is 22.1 Å². The molecule has 43 heavy (non-hydrogen) atoms. The molecule has 6 aromatic rings. The highest BCUT2D eigenvalue weighted by molar-refractivity contribution is 6.31. The molecule has 13 heteroatoms. The first-order valence-electron chi connectivity index (χ1n) is 12.6. The molecule has 0 saturated heterocycles. The lowest BCUT2D eigenvalue weighted by atomic mass is 9.98. The van der Waals surface area contributed by atoms with Crippen LogP contribution in [-0.2, 0) is 18.8 Å². The molecular formula is C30H20Cl2F6N4O. The zero-order chi connectivity index (χ0) is 30.9. The van der Waals surface area contributed by atoms with Gasteiger partial charge in [0.1, 0.15) is 6.10 Å². The highest BCUT2D eigenvalue weighted by Crippen LogP contribution is 2.41. The van der Waals surface area contributed by atoms with Crippen molar-refractivity contribution in [2.75, 3.05) is 0 Å². The lowest BCUT2D eigenvalue weighted by molar-refractivity contribution is -0.139. The predicted octanol–water partition coefficient (Wildman–Crippen LogP) is 9.14. The number of H-pyrrole nitrogens is 2. The number of aliphatic hydroxyl groups is 1. The Hall–Kier alpha value is -4.06. The molecule has 0 saturated carbocycles. The van der Waals surface area contributed by atoms with Crippen LogP contribution in [0, 0.1) is 0 Å². The van der Waals surface area contributed by atoms with Gasteiger partial charge in [-0.1, -0.05) is 71.7 Å². The molecule has 0 bridgehead atoms. The van der Waals surface area contributed by atoms with Crippen molar-refractivity contribution < 1.29 is 31.4 Å². The van der Waals surface area contributed by atoms with Gasteiger partial charge >= 0.3 is 12.4 Å². The lowest BCUT2D eigenvalue weighted by Crippen LogP contribution is -2.13. The average molecular weight is 637 g/mol. The smallest absolute Gasteiger partial charge is 0.382 e. The Kier molecular flexibility index (Phi) is 8.42. The summed E-state index contributed by atoms with van der Waals surface area (Å²) in [6.07, 6.45) is -10.6. The number of hydrogen-bond acceptors (Lipinski definition) is 3. The number of fused-ring (bicyclic) bond motifs is 2. The molecule has 2 heterocycles. The summed E-state index contributed by atoms with van der Waals surface area (Å²) in [5.41, 5.74) is 0.0516. The number of aromatic nitrogens is 4. The minimum absolute atomic E-state index is 0.0506. The van der Waals surface area contributed by atoms with Crippen LogP contribution >= 0.6 is 23.2 Å². The minimum Gasteiger partial charge on any atom is -0.382 e. The molecule has 4 aromatic carbocycles. The van der Waals surface area contributed by atoms with E-state index in [4.69, 9.17) is 23.2 Å². The molecule has 5 nitrogen and oxygen atoms in total. The van der Waals surface area contributed by atoms with Crippen LogP contribution < -0.4 is 0 Å². The summed E-state index contributed by atoms with van der Waals surface area (Å²) < 4.78 is 78.7. The summed E-state index contributed by atoms with van der Waals surface area (Å²) in [5.74, 6) is 0. The molecule has 0 amide bonds. The van der Waals surface area contributed by atoms with Crippen LogP contribution in [0.15, 0.2) is 84.9 Å². The number of aliphatic hydroxyl groups excluding tert-OH is 1. The Morgan fingerprint density at radius 3 is 1.84 bits per heavy atom. The molecule has 3 N–H and O–H groups in total. The Bertz CT molecular complexity index is 1900. The summed E-state index contributed by atoms with van der Waals surface area (Å²) in [6, 6.07) is 21.3. The van der Waals surface area contributed by atoms with Crippen LogP contribution in [0.1, 0.15) is 39.7 Å². The van der Waals surface area contributed by atoms with Gasteiger partial charge in [0.15, 0.2) is 0 Å². The van der Waals surface area contributed by atoms with Crippen molar-refractivity contribution in [3.8, 4) is 0 Å². The minimum atomic E-state index is -4.61. The largest absolute Gasteiger partial charge is 0.416 e. The molecule has 0 fully saturated rings. The molecule has 2 aromatic heterocycles. The van der Waals surface area contributed by atoms with Gasteiger partial charge in [-0.2, -0.15) is 36.5 Å². The van der Waals surface area contributed by atoms with Crippen LogP contribution in [0.25, 0.3) is 21.8 Å². The molecule has 222 valence electrons. The number of nitrogens with zero attached hydrogens (tertiary/aromatic N) is 2. The lowest BCUT2D eigenvalue weighted by Gasteiger charge is -2.18. The summed E-state index contributed by atoms with van der Waals surface area (Å²) in [6.45, 7) is 0. The first-order chi connectivity index (χ1) is 20.4. The second kappa shape index (κ2) is 11.9. The van der Waals surface area contributed by atoms with Crippen molar-refractivity contribution in [3.63, 3.8) is 0 Å². The van der Waals surface area contributed by atoms with Crippen molar-refractivity contribution in [2.24, 2.45) is 0 Å². The van der Waals surface area contributed by atoms with Crippen LogP contribution in [0.2, 0.25) is 10.0 Å². The van der Waals surface area contributed by atoms with Gasteiger partial charge in [0.05, 0.1) is 27.9 Å². The molecule has 0 spiro atoms. The third-order valence-electron chi connectivity index (χ3n) is 6.71. The van der Waals surface area contributed by atoms with Gasteiger partial charge in [-0.05, 0) is 42.0 Å². The first kappa shape index (κ1) is 30.4. The third-order valence-corrected chi connectivity index (χ3v) is 7.40. The number of alkyl halides is 6. The molecule has 0 aliphatic heterocycles. The van der Waals surface area contributed by atoms with Crippen molar-refractivity contribution in [3.05, 3.63) is 129 Å². The molecule has 0 aliphatic rings. The number of benzene rings is 4. The highest BCUT2D eigenvalue weighted by atomic mass is 35.5. The molecular weight excluding hydrogens is 617 g/mol. The van der Waals surface area contributed by atoms with Gasteiger partial charge < -0.3 is 5.11 Å². The van der Waals surface area contributed by atoms with E-state index in [9.17, 15) is 31.4 Å². The summed E-state index contributed by atoms with van der Waals surface area (Å²) >= 11 is 11.9.